The Morgan fingerprint density at radius 1 is 0.588 bits per heavy atom. The van der Waals surface area contributed by atoms with E-state index in [1.54, 1.807) is 0 Å². The number of rotatable bonds is 0. The fraction of sp³-hybridized carbons (Fsp3) is 0.0588. The Labute approximate surface area is 101 Å². The Balaban J connectivity index is 2.16. The molecule has 0 bridgehead atoms. The molecule has 1 aromatic rings. The van der Waals surface area contributed by atoms with Gasteiger partial charge in [0.2, 0.25) is 0 Å². The summed E-state index contributed by atoms with van der Waals surface area (Å²) in [7, 11) is 0. The van der Waals surface area contributed by atoms with Crippen molar-refractivity contribution in [1.82, 2.24) is 0 Å². The molecule has 0 saturated carbocycles. The summed E-state index contributed by atoms with van der Waals surface area (Å²) in [5, 5.41) is 0. The molecule has 0 aliphatic heterocycles. The van der Waals surface area contributed by atoms with E-state index >= 15 is 0 Å². The number of hydrogen-bond donors (Lipinski definition) is 0. The van der Waals surface area contributed by atoms with E-state index in [0.717, 1.165) is 6.42 Å². The zero-order valence-corrected chi connectivity index (χ0v) is 9.48. The smallest absolute Gasteiger partial charge is 0.00132 e. The molecular formula is C17H12. The molecule has 0 atom stereocenters. The van der Waals surface area contributed by atoms with Gasteiger partial charge in [0.05, 0.1) is 0 Å². The first-order valence-corrected chi connectivity index (χ1v) is 6.02. The Kier molecular flexibility index (Phi) is 1.70. The summed E-state index contributed by atoms with van der Waals surface area (Å²) in [6.07, 6.45) is 1.07. The van der Waals surface area contributed by atoms with Gasteiger partial charge in [-0.05, 0) is 39.8 Å². The Bertz CT molecular complexity index is 679. The second-order valence-electron chi connectivity index (χ2n) is 4.65. The highest BCUT2D eigenvalue weighted by Crippen LogP contribution is 2.43. The first-order valence-electron chi connectivity index (χ1n) is 6.02. The Morgan fingerprint density at radius 2 is 1.35 bits per heavy atom. The zero-order valence-electron chi connectivity index (χ0n) is 9.48. The van der Waals surface area contributed by atoms with Crippen LogP contribution in [0.3, 0.4) is 0 Å². The van der Waals surface area contributed by atoms with Gasteiger partial charge in [0.1, 0.15) is 0 Å². The third-order valence-corrected chi connectivity index (χ3v) is 3.68. The maximum Gasteiger partial charge on any atom is -0.00132 e. The first-order chi connectivity index (χ1) is 8.43. The lowest BCUT2D eigenvalue weighted by Crippen LogP contribution is -1.98. The van der Waals surface area contributed by atoms with E-state index in [1.165, 1.54) is 33.4 Å². The second-order valence-corrected chi connectivity index (χ2v) is 4.65. The van der Waals surface area contributed by atoms with Gasteiger partial charge in [-0.25, -0.2) is 0 Å². The zero-order chi connectivity index (χ0) is 11.2. The molecule has 80 valence electrons. The van der Waals surface area contributed by atoms with Crippen LogP contribution in [0.5, 0.6) is 0 Å². The van der Waals surface area contributed by atoms with Crippen molar-refractivity contribution in [1.29, 1.82) is 0 Å². The van der Waals surface area contributed by atoms with Gasteiger partial charge in [-0.15, -0.1) is 0 Å². The Hall–Kier alpha value is -2.08. The molecule has 0 amide bonds. The van der Waals surface area contributed by atoms with Crippen molar-refractivity contribution >= 4 is 0 Å². The number of benzene rings is 1. The molecule has 0 N–H and O–H groups in total. The number of fused-ring (bicyclic) bond motifs is 2. The van der Waals surface area contributed by atoms with Crippen molar-refractivity contribution in [3.05, 3.63) is 71.8 Å². The van der Waals surface area contributed by atoms with Crippen LogP contribution < -0.4 is 0 Å². The molecule has 0 spiro atoms. The van der Waals surface area contributed by atoms with E-state index < -0.39 is 0 Å². The molecule has 1 aromatic carbocycles. The largest absolute Gasteiger partial charge is 0.0619 e. The van der Waals surface area contributed by atoms with Gasteiger partial charge in [-0.2, -0.15) is 0 Å². The van der Waals surface area contributed by atoms with Crippen molar-refractivity contribution in [3.63, 3.8) is 0 Å². The fourth-order valence-corrected chi connectivity index (χ4v) is 2.92. The summed E-state index contributed by atoms with van der Waals surface area (Å²) in [6, 6.07) is 22.0. The second kappa shape index (κ2) is 3.21. The van der Waals surface area contributed by atoms with Crippen LogP contribution in [0.1, 0.15) is 11.1 Å². The van der Waals surface area contributed by atoms with E-state index in [1.807, 2.05) is 0 Å². The van der Waals surface area contributed by atoms with Crippen LogP contribution in [0.15, 0.2) is 60.7 Å². The third kappa shape index (κ3) is 1.18. The van der Waals surface area contributed by atoms with E-state index in [4.69, 9.17) is 0 Å². The summed E-state index contributed by atoms with van der Waals surface area (Å²) in [6.45, 7) is 0. The fourth-order valence-electron chi connectivity index (χ4n) is 2.92. The van der Waals surface area contributed by atoms with Crippen LogP contribution in [0.25, 0.3) is 22.3 Å². The summed E-state index contributed by atoms with van der Waals surface area (Å²) in [5.41, 5.74) is 8.48. The van der Waals surface area contributed by atoms with Gasteiger partial charge in [0, 0.05) is 0 Å². The quantitative estimate of drug-likeness (QED) is 0.409. The van der Waals surface area contributed by atoms with Gasteiger partial charge >= 0.3 is 0 Å². The third-order valence-electron chi connectivity index (χ3n) is 3.68. The van der Waals surface area contributed by atoms with E-state index in [2.05, 4.69) is 60.7 Å². The van der Waals surface area contributed by atoms with Crippen LogP contribution in [0.4, 0.5) is 0 Å². The van der Waals surface area contributed by atoms with Crippen molar-refractivity contribution in [2.75, 3.05) is 0 Å². The average molecular weight is 216 g/mol. The normalized spacial score (nSPS) is 12.5. The molecule has 0 saturated heterocycles. The summed E-state index contributed by atoms with van der Waals surface area (Å²) in [4.78, 5) is 0. The molecular weight excluding hydrogens is 204 g/mol. The molecule has 4 rings (SSSR count). The lowest BCUT2D eigenvalue weighted by molar-refractivity contribution is 1.19. The molecule has 3 aliphatic carbocycles. The van der Waals surface area contributed by atoms with Gasteiger partial charge < -0.3 is 0 Å². The van der Waals surface area contributed by atoms with E-state index in [0.29, 0.717) is 0 Å². The van der Waals surface area contributed by atoms with Gasteiger partial charge in [-0.1, -0.05) is 60.7 Å². The van der Waals surface area contributed by atoms with Crippen LogP contribution >= 0.6 is 0 Å². The first kappa shape index (κ1) is 9.00. The predicted octanol–water partition coefficient (Wildman–Crippen LogP) is 4.36. The number of hydrogen-bond acceptors (Lipinski definition) is 0. The van der Waals surface area contributed by atoms with Crippen LogP contribution in [0, 0.1) is 0 Å². The van der Waals surface area contributed by atoms with Gasteiger partial charge in [0.25, 0.3) is 0 Å². The van der Waals surface area contributed by atoms with E-state index in [9.17, 15) is 0 Å². The monoisotopic (exact) mass is 216 g/mol. The minimum absolute atomic E-state index is 1.07. The summed E-state index contributed by atoms with van der Waals surface area (Å²) in [5.74, 6) is 0. The molecule has 17 heavy (non-hydrogen) atoms. The molecule has 0 radical (unpaired) electrons. The minimum Gasteiger partial charge on any atom is -0.0619 e. The SMILES string of the molecule is c1ccc2c3c(ccc-3c1)Cc1ccccc1-2. The van der Waals surface area contributed by atoms with Gasteiger partial charge in [-0.3, -0.25) is 0 Å². The van der Waals surface area contributed by atoms with E-state index in [-0.39, 0.29) is 0 Å². The van der Waals surface area contributed by atoms with Crippen LogP contribution in [0.2, 0.25) is 0 Å². The lowest BCUT2D eigenvalue weighted by Gasteiger charge is -2.18. The van der Waals surface area contributed by atoms with Gasteiger partial charge in [0.15, 0.2) is 0 Å². The molecule has 3 aliphatic rings. The lowest BCUT2D eigenvalue weighted by atomic mass is 9.85. The maximum absolute atomic E-state index is 2.27. The van der Waals surface area contributed by atoms with Crippen molar-refractivity contribution < 1.29 is 0 Å². The highest BCUT2D eigenvalue weighted by Gasteiger charge is 2.20. The summed E-state index contributed by atoms with van der Waals surface area (Å²) >= 11 is 0. The van der Waals surface area contributed by atoms with Crippen molar-refractivity contribution in [2.24, 2.45) is 0 Å². The molecule has 0 nitrogen and oxygen atoms in total. The standard InChI is InChI=1S/C17H12/c1-4-8-16-15-7-3-2-6-13(15)11-14-10-9-12(5-1)17(14)16/h1-10H,11H2. The van der Waals surface area contributed by atoms with Crippen molar-refractivity contribution in [3.8, 4) is 22.3 Å². The molecule has 0 fully saturated rings. The minimum atomic E-state index is 1.07. The Morgan fingerprint density at radius 3 is 2.29 bits per heavy atom. The molecule has 0 aromatic heterocycles. The maximum atomic E-state index is 2.27. The molecule has 0 heteroatoms. The molecule has 0 heterocycles. The predicted molar refractivity (Wildman–Crippen MR) is 71.3 cm³/mol. The van der Waals surface area contributed by atoms with Crippen LogP contribution in [-0.4, -0.2) is 0 Å². The van der Waals surface area contributed by atoms with Crippen molar-refractivity contribution in [2.45, 2.75) is 6.42 Å². The topological polar surface area (TPSA) is 0 Å². The highest BCUT2D eigenvalue weighted by molar-refractivity contribution is 5.90. The average Bonchev–Trinajstić information content (AvgIpc) is 2.64. The molecule has 0 unspecified atom stereocenters. The summed E-state index contributed by atoms with van der Waals surface area (Å²) < 4.78 is 0. The van der Waals surface area contributed by atoms with Crippen LogP contribution in [-0.2, 0) is 6.42 Å². The highest BCUT2D eigenvalue weighted by atomic mass is 14.2.